The first-order valence-electron chi connectivity index (χ1n) is 8.31. The maximum atomic E-state index is 13.9. The molecule has 1 atom stereocenters. The summed E-state index contributed by atoms with van der Waals surface area (Å²) in [7, 11) is 0. The van der Waals surface area contributed by atoms with Gasteiger partial charge in [0.2, 0.25) is 0 Å². The highest BCUT2D eigenvalue weighted by Crippen LogP contribution is 2.26. The van der Waals surface area contributed by atoms with E-state index in [1.807, 2.05) is 36.4 Å². The summed E-state index contributed by atoms with van der Waals surface area (Å²) in [6, 6.07) is 14.6. The van der Waals surface area contributed by atoms with Crippen molar-refractivity contribution in [1.29, 1.82) is 0 Å². The Kier molecular flexibility index (Phi) is 4.66. The van der Waals surface area contributed by atoms with Gasteiger partial charge in [0.1, 0.15) is 5.82 Å². The summed E-state index contributed by atoms with van der Waals surface area (Å²) >= 11 is 5.96. The van der Waals surface area contributed by atoms with E-state index in [0.29, 0.717) is 18.2 Å². The third-order valence-electron chi connectivity index (χ3n) is 4.53. The first kappa shape index (κ1) is 16.5. The summed E-state index contributed by atoms with van der Waals surface area (Å²) in [5.74, 6) is -0.224. The van der Waals surface area contributed by atoms with E-state index in [-0.39, 0.29) is 11.9 Å². The number of morpholine rings is 1. The van der Waals surface area contributed by atoms with Gasteiger partial charge in [-0.15, -0.1) is 0 Å². The zero-order valence-corrected chi connectivity index (χ0v) is 14.4. The van der Waals surface area contributed by atoms with Crippen LogP contribution in [0.25, 0.3) is 10.9 Å². The van der Waals surface area contributed by atoms with Crippen molar-refractivity contribution in [2.75, 3.05) is 19.7 Å². The average molecular weight is 357 g/mol. The quantitative estimate of drug-likeness (QED) is 0.685. The molecule has 0 saturated carbocycles. The van der Waals surface area contributed by atoms with Crippen molar-refractivity contribution in [3.63, 3.8) is 0 Å². The third kappa shape index (κ3) is 3.66. The smallest absolute Gasteiger partial charge is 0.124 e. The van der Waals surface area contributed by atoms with Crippen LogP contribution in [0.2, 0.25) is 5.02 Å². The van der Waals surface area contributed by atoms with Crippen LogP contribution in [-0.4, -0.2) is 29.6 Å². The molecule has 4 rings (SSSR count). The van der Waals surface area contributed by atoms with Gasteiger partial charge < -0.3 is 4.74 Å². The van der Waals surface area contributed by atoms with Crippen LogP contribution in [0.5, 0.6) is 0 Å². The number of hydrogen-bond acceptors (Lipinski definition) is 3. The number of nitrogens with zero attached hydrogens (tertiary/aromatic N) is 2. The minimum absolute atomic E-state index is 0.00111. The molecule has 5 heteroatoms. The Labute approximate surface area is 151 Å². The van der Waals surface area contributed by atoms with E-state index in [0.717, 1.165) is 35.1 Å². The monoisotopic (exact) mass is 356 g/mol. The number of ether oxygens (including phenoxy) is 1. The fraction of sp³-hybridized carbons (Fsp3) is 0.250. The molecule has 0 amide bonds. The molecular weight excluding hydrogens is 339 g/mol. The number of fused-ring (bicyclic) bond motifs is 1. The van der Waals surface area contributed by atoms with Crippen molar-refractivity contribution in [2.45, 2.75) is 12.6 Å². The van der Waals surface area contributed by atoms with Gasteiger partial charge in [-0.1, -0.05) is 29.8 Å². The van der Waals surface area contributed by atoms with Crippen molar-refractivity contribution < 1.29 is 9.13 Å². The average Bonchev–Trinajstić information content (AvgIpc) is 2.62. The molecule has 1 unspecified atom stereocenters. The highest BCUT2D eigenvalue weighted by Gasteiger charge is 2.22. The fourth-order valence-corrected chi connectivity index (χ4v) is 3.44. The lowest BCUT2D eigenvalue weighted by molar-refractivity contribution is -0.0328. The predicted molar refractivity (Wildman–Crippen MR) is 97.1 cm³/mol. The van der Waals surface area contributed by atoms with Gasteiger partial charge in [-0.25, -0.2) is 4.39 Å². The molecule has 2 aromatic carbocycles. The number of halogens is 2. The summed E-state index contributed by atoms with van der Waals surface area (Å²) in [4.78, 5) is 6.72. The van der Waals surface area contributed by atoms with E-state index in [1.165, 1.54) is 6.07 Å². The molecule has 1 aliphatic rings. The van der Waals surface area contributed by atoms with Crippen LogP contribution >= 0.6 is 11.6 Å². The topological polar surface area (TPSA) is 25.4 Å². The molecule has 3 aromatic rings. The van der Waals surface area contributed by atoms with E-state index < -0.39 is 0 Å². The largest absolute Gasteiger partial charge is 0.371 e. The summed E-state index contributed by atoms with van der Waals surface area (Å²) in [6.45, 7) is 2.87. The summed E-state index contributed by atoms with van der Waals surface area (Å²) in [5, 5.41) is 1.55. The van der Waals surface area contributed by atoms with Crippen molar-refractivity contribution in [1.82, 2.24) is 9.88 Å². The van der Waals surface area contributed by atoms with Gasteiger partial charge in [-0.05, 0) is 41.5 Å². The minimum atomic E-state index is -0.224. The second-order valence-electron chi connectivity index (χ2n) is 6.29. The highest BCUT2D eigenvalue weighted by molar-refractivity contribution is 6.30. The number of hydrogen-bond donors (Lipinski definition) is 0. The Hall–Kier alpha value is -2.01. The van der Waals surface area contributed by atoms with E-state index in [2.05, 4.69) is 9.88 Å². The maximum Gasteiger partial charge on any atom is 0.124 e. The Morgan fingerprint density at radius 2 is 2.04 bits per heavy atom. The van der Waals surface area contributed by atoms with Crippen LogP contribution < -0.4 is 0 Å². The lowest BCUT2D eigenvalue weighted by Crippen LogP contribution is -2.37. The van der Waals surface area contributed by atoms with Gasteiger partial charge in [-0.2, -0.15) is 0 Å². The van der Waals surface area contributed by atoms with Crippen molar-refractivity contribution in [2.24, 2.45) is 0 Å². The predicted octanol–water partition coefficient (Wildman–Crippen LogP) is 4.60. The molecule has 0 radical (unpaired) electrons. The lowest BCUT2D eigenvalue weighted by atomic mass is 10.1. The summed E-state index contributed by atoms with van der Waals surface area (Å²) in [6.07, 6.45) is 1.75. The van der Waals surface area contributed by atoms with Gasteiger partial charge in [0.25, 0.3) is 0 Å². The van der Waals surface area contributed by atoms with Crippen molar-refractivity contribution >= 4 is 22.5 Å². The van der Waals surface area contributed by atoms with Gasteiger partial charge in [-0.3, -0.25) is 9.88 Å². The first-order valence-corrected chi connectivity index (χ1v) is 8.69. The molecule has 3 nitrogen and oxygen atoms in total. The van der Waals surface area contributed by atoms with Gasteiger partial charge in [0.15, 0.2) is 0 Å². The molecule has 0 aliphatic carbocycles. The van der Waals surface area contributed by atoms with Gasteiger partial charge in [0, 0.05) is 36.2 Å². The van der Waals surface area contributed by atoms with E-state index in [1.54, 1.807) is 12.3 Å². The molecule has 1 fully saturated rings. The molecule has 0 bridgehead atoms. The SMILES string of the molecule is Fc1cc(CN2CCOC(c3ccc(Cl)cc3)C2)c2ncccc2c1. The van der Waals surface area contributed by atoms with Crippen LogP contribution in [0.15, 0.2) is 54.7 Å². The molecule has 0 N–H and O–H groups in total. The van der Waals surface area contributed by atoms with Crippen LogP contribution in [0.1, 0.15) is 17.2 Å². The number of benzene rings is 2. The van der Waals surface area contributed by atoms with E-state index in [4.69, 9.17) is 16.3 Å². The number of pyridine rings is 1. The molecule has 128 valence electrons. The second-order valence-corrected chi connectivity index (χ2v) is 6.72. The Balaban J connectivity index is 1.56. The standard InChI is InChI=1S/C20H18ClFN2O/c21-17-5-3-14(4-6-17)19-13-24(8-9-25-19)12-16-11-18(22)10-15-2-1-7-23-20(15)16/h1-7,10-11,19H,8-9,12-13H2. The van der Waals surface area contributed by atoms with Crippen molar-refractivity contribution in [3.8, 4) is 0 Å². The van der Waals surface area contributed by atoms with Gasteiger partial charge in [0.05, 0.1) is 18.2 Å². The van der Waals surface area contributed by atoms with E-state index >= 15 is 0 Å². The van der Waals surface area contributed by atoms with Crippen LogP contribution in [0, 0.1) is 5.82 Å². The molecule has 1 saturated heterocycles. The Morgan fingerprint density at radius 1 is 1.20 bits per heavy atom. The first-order chi connectivity index (χ1) is 12.2. The molecule has 1 aromatic heterocycles. The molecule has 25 heavy (non-hydrogen) atoms. The number of rotatable bonds is 3. The lowest BCUT2D eigenvalue weighted by Gasteiger charge is -2.33. The second kappa shape index (κ2) is 7.08. The highest BCUT2D eigenvalue weighted by atomic mass is 35.5. The van der Waals surface area contributed by atoms with Crippen LogP contribution in [0.3, 0.4) is 0 Å². The molecule has 2 heterocycles. The summed E-state index contributed by atoms with van der Waals surface area (Å²) < 4.78 is 19.9. The maximum absolute atomic E-state index is 13.9. The number of aromatic nitrogens is 1. The Morgan fingerprint density at radius 3 is 2.88 bits per heavy atom. The van der Waals surface area contributed by atoms with Gasteiger partial charge >= 0.3 is 0 Å². The fourth-order valence-electron chi connectivity index (χ4n) is 3.31. The zero-order valence-electron chi connectivity index (χ0n) is 13.7. The third-order valence-corrected chi connectivity index (χ3v) is 4.79. The minimum Gasteiger partial charge on any atom is -0.371 e. The normalized spacial score (nSPS) is 18.6. The molecule has 1 aliphatic heterocycles. The zero-order chi connectivity index (χ0) is 17.2. The van der Waals surface area contributed by atoms with Crippen LogP contribution in [0.4, 0.5) is 4.39 Å². The molecular formula is C20H18ClFN2O. The summed E-state index contributed by atoms with van der Waals surface area (Å²) in [5.41, 5.74) is 2.88. The van der Waals surface area contributed by atoms with Crippen LogP contribution in [-0.2, 0) is 11.3 Å². The van der Waals surface area contributed by atoms with Crippen molar-refractivity contribution in [3.05, 3.63) is 76.7 Å². The Bertz CT molecular complexity index is 885. The van der Waals surface area contributed by atoms with E-state index in [9.17, 15) is 4.39 Å². The molecule has 0 spiro atoms.